The smallest absolute Gasteiger partial charge is 0.248 e. The molecule has 2 aromatic carbocycles. The number of nitrogens with one attached hydrogen (secondary N) is 1. The van der Waals surface area contributed by atoms with E-state index in [-0.39, 0.29) is 12.5 Å². The molecule has 1 amide bonds. The predicted octanol–water partition coefficient (Wildman–Crippen LogP) is 3.29. The minimum Gasteiger partial charge on any atom is -0.324 e. The van der Waals surface area contributed by atoms with Gasteiger partial charge in [-0.1, -0.05) is 53.5 Å². The van der Waals surface area contributed by atoms with Gasteiger partial charge in [0.15, 0.2) is 0 Å². The Labute approximate surface area is 142 Å². The standard InChI is InChI=1S/C15H11Cl2N5O/c16-12-7-6-11(8-13(12)17)18-14(23)9-22-20-15(19-21-22)10-4-2-1-3-5-10/h1-8H,9H2,(H,18,23). The number of tetrazole rings is 1. The predicted molar refractivity (Wildman–Crippen MR) is 88.3 cm³/mol. The number of carbonyl (C=O) groups is 1. The first-order valence-electron chi connectivity index (χ1n) is 6.70. The molecule has 0 aliphatic rings. The highest BCUT2D eigenvalue weighted by Gasteiger charge is 2.10. The van der Waals surface area contributed by atoms with Crippen molar-refractivity contribution in [3.05, 3.63) is 58.6 Å². The van der Waals surface area contributed by atoms with Crippen LogP contribution in [0.4, 0.5) is 5.69 Å². The number of halogens is 2. The molecule has 0 saturated heterocycles. The molecule has 1 aromatic heterocycles. The van der Waals surface area contributed by atoms with Gasteiger partial charge in [0.2, 0.25) is 11.7 Å². The fourth-order valence-corrected chi connectivity index (χ4v) is 2.21. The number of hydrogen-bond donors (Lipinski definition) is 1. The zero-order valence-electron chi connectivity index (χ0n) is 11.8. The summed E-state index contributed by atoms with van der Waals surface area (Å²) in [7, 11) is 0. The Morgan fingerprint density at radius 2 is 1.87 bits per heavy atom. The fourth-order valence-electron chi connectivity index (χ4n) is 1.92. The lowest BCUT2D eigenvalue weighted by Gasteiger charge is -2.05. The summed E-state index contributed by atoms with van der Waals surface area (Å²) in [6.45, 7) is -0.0555. The summed E-state index contributed by atoms with van der Waals surface area (Å²) in [6.07, 6.45) is 0. The van der Waals surface area contributed by atoms with Crippen LogP contribution < -0.4 is 5.32 Å². The number of aromatic nitrogens is 4. The van der Waals surface area contributed by atoms with Crippen LogP contribution in [-0.4, -0.2) is 26.1 Å². The van der Waals surface area contributed by atoms with E-state index in [1.54, 1.807) is 18.2 Å². The van der Waals surface area contributed by atoms with Crippen LogP contribution in [0.1, 0.15) is 0 Å². The van der Waals surface area contributed by atoms with Crippen molar-refractivity contribution < 1.29 is 4.79 Å². The van der Waals surface area contributed by atoms with E-state index in [4.69, 9.17) is 23.2 Å². The van der Waals surface area contributed by atoms with E-state index in [1.807, 2.05) is 30.3 Å². The summed E-state index contributed by atoms with van der Waals surface area (Å²) in [5.74, 6) is 0.174. The monoisotopic (exact) mass is 347 g/mol. The van der Waals surface area contributed by atoms with Gasteiger partial charge in [-0.15, -0.1) is 10.2 Å². The molecule has 0 fully saturated rings. The molecule has 1 heterocycles. The van der Waals surface area contributed by atoms with Crippen LogP contribution >= 0.6 is 23.2 Å². The maximum Gasteiger partial charge on any atom is 0.248 e. The summed E-state index contributed by atoms with van der Waals surface area (Å²) in [5, 5.41) is 15.5. The molecule has 8 heteroatoms. The average molecular weight is 348 g/mol. The van der Waals surface area contributed by atoms with Crippen molar-refractivity contribution in [1.29, 1.82) is 0 Å². The molecule has 0 spiro atoms. The first-order valence-corrected chi connectivity index (χ1v) is 7.45. The zero-order chi connectivity index (χ0) is 16.2. The largest absolute Gasteiger partial charge is 0.324 e. The van der Waals surface area contributed by atoms with Gasteiger partial charge in [0.1, 0.15) is 6.54 Å². The molecule has 1 N–H and O–H groups in total. The van der Waals surface area contributed by atoms with Gasteiger partial charge in [-0.2, -0.15) is 4.80 Å². The Morgan fingerprint density at radius 3 is 2.61 bits per heavy atom. The highest BCUT2D eigenvalue weighted by molar-refractivity contribution is 6.42. The number of anilines is 1. The molecule has 0 saturated carbocycles. The molecule has 3 rings (SSSR count). The van der Waals surface area contributed by atoms with E-state index in [2.05, 4.69) is 20.7 Å². The molecule has 116 valence electrons. The quantitative estimate of drug-likeness (QED) is 0.785. The minimum absolute atomic E-state index is 0.0555. The topological polar surface area (TPSA) is 72.7 Å². The highest BCUT2D eigenvalue weighted by Crippen LogP contribution is 2.24. The van der Waals surface area contributed by atoms with Crippen molar-refractivity contribution in [3.63, 3.8) is 0 Å². The summed E-state index contributed by atoms with van der Waals surface area (Å²) >= 11 is 11.7. The first-order chi connectivity index (χ1) is 11.1. The summed E-state index contributed by atoms with van der Waals surface area (Å²) in [4.78, 5) is 13.2. The van der Waals surface area contributed by atoms with Crippen LogP contribution in [0.25, 0.3) is 11.4 Å². The number of amides is 1. The summed E-state index contributed by atoms with van der Waals surface area (Å²) < 4.78 is 0. The van der Waals surface area contributed by atoms with Crippen molar-refractivity contribution in [1.82, 2.24) is 20.2 Å². The Morgan fingerprint density at radius 1 is 1.09 bits per heavy atom. The molecule has 0 bridgehead atoms. The third-order valence-electron chi connectivity index (χ3n) is 2.97. The van der Waals surface area contributed by atoms with Gasteiger partial charge in [0, 0.05) is 11.3 Å². The molecular formula is C15H11Cl2N5O. The van der Waals surface area contributed by atoms with E-state index >= 15 is 0 Å². The lowest BCUT2D eigenvalue weighted by molar-refractivity contribution is -0.117. The zero-order valence-corrected chi connectivity index (χ0v) is 13.3. The average Bonchev–Trinajstić information content (AvgIpc) is 3.00. The summed E-state index contributed by atoms with van der Waals surface area (Å²) in [5.41, 5.74) is 1.39. The SMILES string of the molecule is O=C(Cn1nnc(-c2ccccc2)n1)Nc1ccc(Cl)c(Cl)c1. The molecule has 0 aliphatic carbocycles. The van der Waals surface area contributed by atoms with Crippen LogP contribution in [0.2, 0.25) is 10.0 Å². The number of carbonyl (C=O) groups excluding carboxylic acids is 1. The van der Waals surface area contributed by atoms with E-state index in [0.717, 1.165) is 5.56 Å². The van der Waals surface area contributed by atoms with E-state index in [9.17, 15) is 4.79 Å². The number of benzene rings is 2. The van der Waals surface area contributed by atoms with Crippen LogP contribution in [0.5, 0.6) is 0 Å². The van der Waals surface area contributed by atoms with Crippen LogP contribution in [0.15, 0.2) is 48.5 Å². The second-order valence-corrected chi connectivity index (χ2v) is 5.50. The van der Waals surface area contributed by atoms with E-state index < -0.39 is 0 Å². The Bertz CT molecular complexity index is 835. The molecule has 0 unspecified atom stereocenters. The van der Waals surface area contributed by atoms with Crippen LogP contribution in [0, 0.1) is 0 Å². The van der Waals surface area contributed by atoms with Crippen molar-refractivity contribution in [3.8, 4) is 11.4 Å². The molecule has 0 radical (unpaired) electrons. The van der Waals surface area contributed by atoms with Gasteiger partial charge in [0.05, 0.1) is 10.0 Å². The van der Waals surface area contributed by atoms with Gasteiger partial charge >= 0.3 is 0 Å². The van der Waals surface area contributed by atoms with Gasteiger partial charge in [-0.3, -0.25) is 4.79 Å². The highest BCUT2D eigenvalue weighted by atomic mass is 35.5. The third kappa shape index (κ3) is 3.85. The lowest BCUT2D eigenvalue weighted by Crippen LogP contribution is -2.20. The van der Waals surface area contributed by atoms with Crippen LogP contribution in [-0.2, 0) is 11.3 Å². The maximum absolute atomic E-state index is 12.0. The fraction of sp³-hybridized carbons (Fsp3) is 0.0667. The molecule has 23 heavy (non-hydrogen) atoms. The minimum atomic E-state index is -0.291. The summed E-state index contributed by atoms with van der Waals surface area (Å²) in [6, 6.07) is 14.3. The van der Waals surface area contributed by atoms with E-state index in [0.29, 0.717) is 21.6 Å². The number of rotatable bonds is 4. The van der Waals surface area contributed by atoms with Gasteiger partial charge < -0.3 is 5.32 Å². The maximum atomic E-state index is 12.0. The third-order valence-corrected chi connectivity index (χ3v) is 3.71. The second-order valence-electron chi connectivity index (χ2n) is 4.69. The van der Waals surface area contributed by atoms with Gasteiger partial charge in [-0.25, -0.2) is 0 Å². The van der Waals surface area contributed by atoms with Gasteiger partial charge in [-0.05, 0) is 23.4 Å². The Balaban J connectivity index is 1.66. The second kappa shape index (κ2) is 6.76. The molecule has 3 aromatic rings. The van der Waals surface area contributed by atoms with Crippen LogP contribution in [0.3, 0.4) is 0 Å². The number of nitrogens with zero attached hydrogens (tertiary/aromatic N) is 4. The van der Waals surface area contributed by atoms with Crippen molar-refractivity contribution >= 4 is 34.8 Å². The number of hydrogen-bond acceptors (Lipinski definition) is 4. The van der Waals surface area contributed by atoms with Crippen molar-refractivity contribution in [2.75, 3.05) is 5.32 Å². The molecule has 6 nitrogen and oxygen atoms in total. The van der Waals surface area contributed by atoms with Crippen molar-refractivity contribution in [2.45, 2.75) is 6.54 Å². The Hall–Kier alpha value is -2.44. The normalized spacial score (nSPS) is 10.5. The lowest BCUT2D eigenvalue weighted by atomic mass is 10.2. The van der Waals surface area contributed by atoms with E-state index in [1.165, 1.54) is 4.80 Å². The molecule has 0 atom stereocenters. The molecule has 0 aliphatic heterocycles. The Kier molecular flexibility index (Phi) is 4.55. The molecular weight excluding hydrogens is 337 g/mol. The first kappa shape index (κ1) is 15.5. The van der Waals surface area contributed by atoms with Gasteiger partial charge in [0.25, 0.3) is 0 Å². The van der Waals surface area contributed by atoms with Crippen molar-refractivity contribution in [2.24, 2.45) is 0 Å².